The van der Waals surface area contributed by atoms with Gasteiger partial charge in [0, 0.05) is 13.0 Å². The van der Waals surface area contributed by atoms with Crippen LogP contribution < -0.4 is 11.1 Å². The summed E-state index contributed by atoms with van der Waals surface area (Å²) in [6.07, 6.45) is 0.663. The fourth-order valence-corrected chi connectivity index (χ4v) is 1.38. The fraction of sp³-hybridized carbons (Fsp3) is 0.357. The molecule has 0 aromatic heterocycles. The maximum absolute atomic E-state index is 5.66. The van der Waals surface area contributed by atoms with Gasteiger partial charge in [-0.05, 0) is 31.0 Å². The van der Waals surface area contributed by atoms with E-state index in [1.165, 1.54) is 5.56 Å². The minimum absolute atomic E-state index is 0.291. The zero-order valence-electron chi connectivity index (χ0n) is 11.6. The molecular weight excluding hydrogens is 238 g/mol. The lowest BCUT2D eigenvalue weighted by Gasteiger charge is -2.02. The van der Waals surface area contributed by atoms with Gasteiger partial charge in [0.1, 0.15) is 5.84 Å². The van der Waals surface area contributed by atoms with Crippen molar-refractivity contribution in [3.05, 3.63) is 29.8 Å². The monoisotopic (exact) mass is 259 g/mol. The van der Waals surface area contributed by atoms with Crippen molar-refractivity contribution in [3.63, 3.8) is 0 Å². The van der Waals surface area contributed by atoms with Gasteiger partial charge in [-0.2, -0.15) is 4.99 Å². The molecule has 0 atom stereocenters. The number of nitrogens with one attached hydrogen (secondary N) is 1. The Balaban J connectivity index is 2.82. The molecule has 3 N–H and O–H groups in total. The minimum Gasteiger partial charge on any atom is -0.387 e. The molecule has 0 amide bonds. The molecule has 1 rings (SSSR count). The number of benzene rings is 1. The molecule has 102 valence electrons. The Morgan fingerprint density at radius 3 is 2.47 bits per heavy atom. The first-order valence-corrected chi connectivity index (χ1v) is 6.37. The standard InChI is InChI=1S/C14H21N5/c1-4-13(15)19-14(16-3)18-12-8-6-11(7-9-12)10-17-5-2/h6-9,17H,3-5,10H2,1-2H3,(H2,15,18,19). The summed E-state index contributed by atoms with van der Waals surface area (Å²) in [5.74, 6) is 0.786. The van der Waals surface area contributed by atoms with Crippen LogP contribution in [0.4, 0.5) is 5.69 Å². The average molecular weight is 259 g/mol. The molecule has 1 aromatic rings. The predicted octanol–water partition coefficient (Wildman–Crippen LogP) is 2.25. The van der Waals surface area contributed by atoms with Gasteiger partial charge in [0.15, 0.2) is 0 Å². The van der Waals surface area contributed by atoms with E-state index in [9.17, 15) is 0 Å². The lowest BCUT2D eigenvalue weighted by atomic mass is 10.2. The Hall–Kier alpha value is -2.01. The number of nitrogens with two attached hydrogens (primary N) is 1. The van der Waals surface area contributed by atoms with Crippen LogP contribution in [0, 0.1) is 0 Å². The molecular formula is C14H21N5. The maximum Gasteiger partial charge on any atom is 0.250 e. The second kappa shape index (κ2) is 8.16. The fourth-order valence-electron chi connectivity index (χ4n) is 1.38. The number of hydrogen-bond acceptors (Lipinski definition) is 2. The highest BCUT2D eigenvalue weighted by molar-refractivity contribution is 5.97. The number of rotatable bonds is 5. The summed E-state index contributed by atoms with van der Waals surface area (Å²) in [7, 11) is 0. The Kier molecular flexibility index (Phi) is 6.46. The first-order chi connectivity index (χ1) is 9.19. The zero-order valence-corrected chi connectivity index (χ0v) is 11.6. The summed E-state index contributed by atoms with van der Waals surface area (Å²) in [4.78, 5) is 12.1. The van der Waals surface area contributed by atoms with Crippen LogP contribution in [-0.2, 0) is 6.54 Å². The van der Waals surface area contributed by atoms with Gasteiger partial charge in [0.05, 0.1) is 5.69 Å². The second-order valence-electron chi connectivity index (χ2n) is 3.97. The van der Waals surface area contributed by atoms with E-state index in [2.05, 4.69) is 33.9 Å². The number of amidine groups is 1. The molecule has 0 aliphatic carbocycles. The number of guanidine groups is 1. The molecule has 0 bridgehead atoms. The summed E-state index contributed by atoms with van der Waals surface area (Å²) < 4.78 is 0. The highest BCUT2D eigenvalue weighted by atomic mass is 15.1. The summed E-state index contributed by atoms with van der Waals surface area (Å²) in [5, 5.41) is 3.27. The average Bonchev–Trinajstić information content (AvgIpc) is 2.45. The van der Waals surface area contributed by atoms with Gasteiger partial charge >= 0.3 is 0 Å². The predicted molar refractivity (Wildman–Crippen MR) is 82.4 cm³/mol. The van der Waals surface area contributed by atoms with Gasteiger partial charge < -0.3 is 11.1 Å². The molecule has 0 radical (unpaired) electrons. The second-order valence-corrected chi connectivity index (χ2v) is 3.97. The molecule has 0 unspecified atom stereocenters. The van der Waals surface area contributed by atoms with Crippen molar-refractivity contribution in [2.45, 2.75) is 26.8 Å². The van der Waals surface area contributed by atoms with Crippen molar-refractivity contribution >= 4 is 24.2 Å². The Morgan fingerprint density at radius 1 is 1.26 bits per heavy atom. The van der Waals surface area contributed by atoms with E-state index in [1.807, 2.05) is 31.2 Å². The summed E-state index contributed by atoms with van der Waals surface area (Å²) in [5.41, 5.74) is 7.66. The molecule has 0 saturated carbocycles. The third kappa shape index (κ3) is 5.44. The first kappa shape index (κ1) is 15.0. The Bertz CT molecular complexity index is 459. The SMILES string of the molecule is C=NC(N=C(N)CC)=Nc1ccc(CNCC)cc1. The van der Waals surface area contributed by atoms with E-state index in [-0.39, 0.29) is 0 Å². The highest BCUT2D eigenvalue weighted by Gasteiger charge is 1.97. The topological polar surface area (TPSA) is 75.1 Å². The molecule has 19 heavy (non-hydrogen) atoms. The third-order valence-corrected chi connectivity index (χ3v) is 2.49. The molecule has 0 saturated heterocycles. The summed E-state index contributed by atoms with van der Waals surface area (Å²) in [6, 6.07) is 7.90. The van der Waals surface area contributed by atoms with Crippen LogP contribution in [0.3, 0.4) is 0 Å². The van der Waals surface area contributed by atoms with Gasteiger partial charge in [-0.3, -0.25) is 0 Å². The van der Waals surface area contributed by atoms with E-state index < -0.39 is 0 Å². The van der Waals surface area contributed by atoms with E-state index in [4.69, 9.17) is 5.73 Å². The number of aliphatic imine (C=N–C) groups is 3. The van der Waals surface area contributed by atoms with E-state index in [0.717, 1.165) is 18.8 Å². The van der Waals surface area contributed by atoms with Crippen LogP contribution in [0.2, 0.25) is 0 Å². The third-order valence-electron chi connectivity index (χ3n) is 2.49. The van der Waals surface area contributed by atoms with Gasteiger partial charge in [0.25, 0.3) is 5.96 Å². The molecule has 5 nitrogen and oxygen atoms in total. The molecule has 0 heterocycles. The van der Waals surface area contributed by atoms with Crippen LogP contribution in [0.1, 0.15) is 25.8 Å². The van der Waals surface area contributed by atoms with Crippen LogP contribution in [0.15, 0.2) is 39.2 Å². The summed E-state index contributed by atoms with van der Waals surface area (Å²) in [6.45, 7) is 9.26. The van der Waals surface area contributed by atoms with Gasteiger partial charge in [-0.1, -0.05) is 26.0 Å². The van der Waals surface area contributed by atoms with E-state index in [0.29, 0.717) is 18.2 Å². The molecule has 0 fully saturated rings. The molecule has 0 aliphatic rings. The van der Waals surface area contributed by atoms with Crippen molar-refractivity contribution in [3.8, 4) is 0 Å². The maximum atomic E-state index is 5.66. The van der Waals surface area contributed by atoms with Crippen molar-refractivity contribution in [1.82, 2.24) is 5.32 Å². The van der Waals surface area contributed by atoms with Gasteiger partial charge in [-0.15, -0.1) is 0 Å². The number of hydrogen-bond donors (Lipinski definition) is 2. The zero-order chi connectivity index (χ0) is 14.1. The lowest BCUT2D eigenvalue weighted by Crippen LogP contribution is -2.11. The van der Waals surface area contributed by atoms with E-state index in [1.54, 1.807) is 0 Å². The van der Waals surface area contributed by atoms with Crippen molar-refractivity contribution < 1.29 is 0 Å². The van der Waals surface area contributed by atoms with Crippen LogP contribution in [-0.4, -0.2) is 25.1 Å². The molecule has 5 heteroatoms. The van der Waals surface area contributed by atoms with Gasteiger partial charge in [0.2, 0.25) is 0 Å². The van der Waals surface area contributed by atoms with Gasteiger partial charge in [-0.25, -0.2) is 9.98 Å². The normalized spacial score (nSPS) is 12.5. The van der Waals surface area contributed by atoms with Crippen LogP contribution >= 0.6 is 0 Å². The van der Waals surface area contributed by atoms with Crippen LogP contribution in [0.5, 0.6) is 0 Å². The van der Waals surface area contributed by atoms with Crippen molar-refractivity contribution in [2.24, 2.45) is 20.7 Å². The largest absolute Gasteiger partial charge is 0.387 e. The van der Waals surface area contributed by atoms with Crippen molar-refractivity contribution in [2.75, 3.05) is 6.54 Å². The van der Waals surface area contributed by atoms with Crippen LogP contribution in [0.25, 0.3) is 0 Å². The minimum atomic E-state index is 0.291. The highest BCUT2D eigenvalue weighted by Crippen LogP contribution is 2.14. The molecule has 1 aromatic carbocycles. The molecule has 0 spiro atoms. The summed E-state index contributed by atoms with van der Waals surface area (Å²) >= 11 is 0. The van der Waals surface area contributed by atoms with Crippen molar-refractivity contribution in [1.29, 1.82) is 0 Å². The van der Waals surface area contributed by atoms with E-state index >= 15 is 0 Å². The Morgan fingerprint density at radius 2 is 1.95 bits per heavy atom. The lowest BCUT2D eigenvalue weighted by molar-refractivity contribution is 0.727. The molecule has 0 aliphatic heterocycles. The quantitative estimate of drug-likeness (QED) is 0.628. The smallest absolute Gasteiger partial charge is 0.250 e. The number of nitrogens with zero attached hydrogens (tertiary/aromatic N) is 3. The Labute approximate surface area is 114 Å². The first-order valence-electron chi connectivity index (χ1n) is 6.37.